The third-order valence-electron chi connectivity index (χ3n) is 4.82. The summed E-state index contributed by atoms with van der Waals surface area (Å²) in [6, 6.07) is 12.7. The highest BCUT2D eigenvalue weighted by atomic mass is 19.1. The Morgan fingerprint density at radius 1 is 1.12 bits per heavy atom. The molecule has 2 aromatic rings. The Bertz CT molecular complexity index is 728. The van der Waals surface area contributed by atoms with Crippen LogP contribution in [0, 0.1) is 17.6 Å². The number of amides is 1. The lowest BCUT2D eigenvalue weighted by Crippen LogP contribution is -2.42. The van der Waals surface area contributed by atoms with Crippen LogP contribution in [0.4, 0.5) is 8.78 Å². The van der Waals surface area contributed by atoms with E-state index in [0.29, 0.717) is 32.4 Å². The van der Waals surface area contributed by atoms with E-state index in [9.17, 15) is 18.7 Å². The van der Waals surface area contributed by atoms with E-state index in [1.54, 1.807) is 0 Å². The van der Waals surface area contributed by atoms with Crippen molar-refractivity contribution in [1.82, 2.24) is 4.90 Å². The van der Waals surface area contributed by atoms with Crippen LogP contribution in [0.5, 0.6) is 0 Å². The number of carbonyl (C=O) groups is 1. The van der Waals surface area contributed by atoms with E-state index < -0.39 is 23.6 Å². The van der Waals surface area contributed by atoms with Crippen LogP contribution in [0.15, 0.2) is 48.5 Å². The van der Waals surface area contributed by atoms with Gasteiger partial charge in [-0.1, -0.05) is 30.3 Å². The average Bonchev–Trinajstić information content (AvgIpc) is 2.64. The monoisotopic (exact) mass is 345 g/mol. The molecule has 1 N–H and O–H groups in total. The Labute approximate surface area is 145 Å². The number of benzene rings is 2. The van der Waals surface area contributed by atoms with Gasteiger partial charge in [0.05, 0.1) is 11.7 Å². The van der Waals surface area contributed by atoms with Crippen molar-refractivity contribution in [3.63, 3.8) is 0 Å². The molecule has 1 aliphatic rings. The molecule has 0 unspecified atom stereocenters. The predicted molar refractivity (Wildman–Crippen MR) is 91.1 cm³/mol. The Hall–Kier alpha value is -2.27. The van der Waals surface area contributed by atoms with Crippen LogP contribution in [-0.4, -0.2) is 35.1 Å². The molecule has 1 atom stereocenters. The molecule has 0 aromatic heterocycles. The van der Waals surface area contributed by atoms with Gasteiger partial charge in [0.15, 0.2) is 0 Å². The molecule has 25 heavy (non-hydrogen) atoms. The topological polar surface area (TPSA) is 40.5 Å². The fourth-order valence-electron chi connectivity index (χ4n) is 3.34. The third-order valence-corrected chi connectivity index (χ3v) is 4.82. The molecule has 0 spiro atoms. The summed E-state index contributed by atoms with van der Waals surface area (Å²) in [5, 5.41) is 10.4. The number of hydrogen-bond acceptors (Lipinski definition) is 2. The van der Waals surface area contributed by atoms with Crippen molar-refractivity contribution in [1.29, 1.82) is 0 Å². The number of piperidine rings is 1. The van der Waals surface area contributed by atoms with Crippen LogP contribution >= 0.6 is 0 Å². The van der Waals surface area contributed by atoms with Crippen molar-refractivity contribution >= 4 is 5.91 Å². The van der Waals surface area contributed by atoms with E-state index in [0.717, 1.165) is 23.8 Å². The molecule has 1 saturated heterocycles. The molecule has 0 aliphatic carbocycles. The molecule has 2 aromatic carbocycles. The highest BCUT2D eigenvalue weighted by Gasteiger charge is 2.29. The van der Waals surface area contributed by atoms with E-state index in [1.807, 2.05) is 30.3 Å². The molecule has 0 radical (unpaired) electrons. The minimum atomic E-state index is -0.711. The summed E-state index contributed by atoms with van der Waals surface area (Å²) in [5.41, 5.74) is 0.846. The van der Waals surface area contributed by atoms with E-state index in [-0.39, 0.29) is 11.5 Å². The summed E-state index contributed by atoms with van der Waals surface area (Å²) in [6.07, 6.45) is 1.41. The first-order valence-corrected chi connectivity index (χ1v) is 8.51. The molecule has 1 fully saturated rings. The summed E-state index contributed by atoms with van der Waals surface area (Å²) < 4.78 is 27.0. The van der Waals surface area contributed by atoms with Crippen LogP contribution in [0.25, 0.3) is 0 Å². The molecular formula is C20H21F2NO2. The SMILES string of the molecule is O=C(c1cc(F)ccc1F)N1CCC([C@@H](O)Cc2ccccc2)CC1. The maximum atomic E-state index is 13.8. The fraction of sp³-hybridized carbons (Fsp3) is 0.350. The zero-order valence-corrected chi connectivity index (χ0v) is 13.9. The number of hydrogen-bond donors (Lipinski definition) is 1. The lowest BCUT2D eigenvalue weighted by molar-refractivity contribution is 0.0464. The van der Waals surface area contributed by atoms with Crippen LogP contribution in [-0.2, 0) is 6.42 Å². The standard InChI is InChI=1S/C20H21F2NO2/c21-16-6-7-18(22)17(13-16)20(25)23-10-8-15(9-11-23)19(24)12-14-4-2-1-3-5-14/h1-7,13,15,19,24H,8-12H2/t19-/m0/s1. The molecule has 1 heterocycles. The number of likely N-dealkylation sites (tertiary alicyclic amines) is 1. The fourth-order valence-corrected chi connectivity index (χ4v) is 3.34. The van der Waals surface area contributed by atoms with Gasteiger partial charge in [-0.15, -0.1) is 0 Å². The molecule has 0 bridgehead atoms. The zero-order chi connectivity index (χ0) is 17.8. The second-order valence-corrected chi connectivity index (χ2v) is 6.51. The van der Waals surface area contributed by atoms with Crippen molar-refractivity contribution in [2.24, 2.45) is 5.92 Å². The maximum absolute atomic E-state index is 13.8. The Kier molecular flexibility index (Phi) is 5.43. The van der Waals surface area contributed by atoms with Gasteiger partial charge in [-0.05, 0) is 48.9 Å². The summed E-state index contributed by atoms with van der Waals surface area (Å²) in [6.45, 7) is 0.872. The van der Waals surface area contributed by atoms with Crippen molar-refractivity contribution in [3.8, 4) is 0 Å². The number of nitrogens with zero attached hydrogens (tertiary/aromatic N) is 1. The van der Waals surface area contributed by atoms with Crippen LogP contribution in [0.3, 0.4) is 0 Å². The van der Waals surface area contributed by atoms with Crippen molar-refractivity contribution < 1.29 is 18.7 Å². The smallest absolute Gasteiger partial charge is 0.256 e. The van der Waals surface area contributed by atoms with Gasteiger partial charge in [-0.3, -0.25) is 4.79 Å². The van der Waals surface area contributed by atoms with Crippen molar-refractivity contribution in [3.05, 3.63) is 71.3 Å². The van der Waals surface area contributed by atoms with Crippen molar-refractivity contribution in [2.75, 3.05) is 13.1 Å². The van der Waals surface area contributed by atoms with E-state index >= 15 is 0 Å². The second-order valence-electron chi connectivity index (χ2n) is 6.51. The molecule has 0 saturated carbocycles. The lowest BCUT2D eigenvalue weighted by atomic mass is 9.87. The predicted octanol–water partition coefficient (Wildman–Crippen LogP) is 3.42. The number of carbonyl (C=O) groups excluding carboxylic acids is 1. The number of rotatable bonds is 4. The van der Waals surface area contributed by atoms with Gasteiger partial charge in [0, 0.05) is 13.1 Å². The molecular weight excluding hydrogens is 324 g/mol. The molecule has 5 heteroatoms. The Morgan fingerprint density at radius 3 is 2.48 bits per heavy atom. The van der Waals surface area contributed by atoms with Crippen LogP contribution in [0.1, 0.15) is 28.8 Å². The summed E-state index contributed by atoms with van der Waals surface area (Å²) >= 11 is 0. The second kappa shape index (κ2) is 7.74. The van der Waals surface area contributed by atoms with E-state index in [4.69, 9.17) is 0 Å². The van der Waals surface area contributed by atoms with Gasteiger partial charge >= 0.3 is 0 Å². The third kappa shape index (κ3) is 4.23. The van der Waals surface area contributed by atoms with Gasteiger partial charge in [0.1, 0.15) is 11.6 Å². The normalized spacial score (nSPS) is 16.7. The highest BCUT2D eigenvalue weighted by molar-refractivity contribution is 5.94. The Balaban J connectivity index is 1.58. The number of aliphatic hydroxyl groups excluding tert-OH is 1. The summed E-state index contributed by atoms with van der Waals surface area (Å²) in [5.74, 6) is -1.73. The average molecular weight is 345 g/mol. The van der Waals surface area contributed by atoms with Gasteiger partial charge in [0.25, 0.3) is 5.91 Å². The molecule has 132 valence electrons. The summed E-state index contributed by atoms with van der Waals surface area (Å²) in [7, 11) is 0. The Morgan fingerprint density at radius 2 is 1.80 bits per heavy atom. The quantitative estimate of drug-likeness (QED) is 0.922. The minimum absolute atomic E-state index is 0.0987. The van der Waals surface area contributed by atoms with E-state index in [2.05, 4.69) is 0 Å². The first-order chi connectivity index (χ1) is 12.0. The van der Waals surface area contributed by atoms with Gasteiger partial charge in [-0.2, -0.15) is 0 Å². The van der Waals surface area contributed by atoms with Crippen LogP contribution < -0.4 is 0 Å². The van der Waals surface area contributed by atoms with Gasteiger partial charge in [-0.25, -0.2) is 8.78 Å². The molecule has 3 rings (SSSR count). The number of halogens is 2. The highest BCUT2D eigenvalue weighted by Crippen LogP contribution is 2.24. The first kappa shape index (κ1) is 17.5. The lowest BCUT2D eigenvalue weighted by Gasteiger charge is -2.34. The molecule has 1 amide bonds. The molecule has 3 nitrogen and oxygen atoms in total. The zero-order valence-electron chi connectivity index (χ0n) is 13.9. The number of aliphatic hydroxyl groups is 1. The first-order valence-electron chi connectivity index (χ1n) is 8.51. The van der Waals surface area contributed by atoms with Gasteiger partial charge < -0.3 is 10.0 Å². The maximum Gasteiger partial charge on any atom is 0.256 e. The van der Waals surface area contributed by atoms with Crippen LogP contribution in [0.2, 0.25) is 0 Å². The summed E-state index contributed by atoms with van der Waals surface area (Å²) in [4.78, 5) is 13.9. The van der Waals surface area contributed by atoms with Gasteiger partial charge in [0.2, 0.25) is 0 Å². The van der Waals surface area contributed by atoms with E-state index in [1.165, 1.54) is 4.90 Å². The minimum Gasteiger partial charge on any atom is -0.392 e. The largest absolute Gasteiger partial charge is 0.392 e. The molecule has 1 aliphatic heterocycles. The van der Waals surface area contributed by atoms with Crippen molar-refractivity contribution in [2.45, 2.75) is 25.4 Å².